The van der Waals surface area contributed by atoms with Crippen LogP contribution in [0, 0.1) is 0 Å². The van der Waals surface area contributed by atoms with Gasteiger partial charge in [-0.2, -0.15) is 0 Å². The molecule has 16 heavy (non-hydrogen) atoms. The van der Waals surface area contributed by atoms with E-state index < -0.39 is 11.9 Å². The van der Waals surface area contributed by atoms with Gasteiger partial charge in [-0.05, 0) is 31.2 Å². The number of benzene rings is 1. The smallest absolute Gasteiger partial charge is 0.251 e. The van der Waals surface area contributed by atoms with Crippen molar-refractivity contribution in [3.05, 3.63) is 29.8 Å². The van der Waals surface area contributed by atoms with Gasteiger partial charge in [0.2, 0.25) is 5.91 Å². The fraction of sp³-hybridized carbons (Fsp3) is 0.273. The fourth-order valence-electron chi connectivity index (χ4n) is 1.14. The van der Waals surface area contributed by atoms with Crippen LogP contribution >= 0.6 is 0 Å². The molecule has 0 bridgehead atoms. The zero-order valence-corrected chi connectivity index (χ0v) is 9.28. The molecule has 0 fully saturated rings. The molecule has 0 saturated heterocycles. The Kier molecular flexibility index (Phi) is 3.88. The standard InChI is InChI=1S/C11H15N3O2/c1-7(10(12)15)14-11(16)8-3-5-9(13-2)6-4-8/h3-7,13H,1-2H3,(H2,12,15)(H,14,16). The normalized spacial score (nSPS) is 11.6. The number of hydrogen-bond acceptors (Lipinski definition) is 3. The Morgan fingerprint density at radius 3 is 2.25 bits per heavy atom. The lowest BCUT2D eigenvalue weighted by Crippen LogP contribution is -2.42. The van der Waals surface area contributed by atoms with E-state index in [-0.39, 0.29) is 5.91 Å². The number of anilines is 1. The molecule has 2 amide bonds. The molecule has 86 valence electrons. The lowest BCUT2D eigenvalue weighted by molar-refractivity contribution is -0.119. The van der Waals surface area contributed by atoms with Crippen LogP contribution in [0.5, 0.6) is 0 Å². The second kappa shape index (κ2) is 5.16. The van der Waals surface area contributed by atoms with E-state index in [9.17, 15) is 9.59 Å². The third kappa shape index (κ3) is 2.98. The van der Waals surface area contributed by atoms with Crippen LogP contribution in [0.3, 0.4) is 0 Å². The van der Waals surface area contributed by atoms with E-state index in [0.29, 0.717) is 5.56 Å². The van der Waals surface area contributed by atoms with Gasteiger partial charge in [-0.25, -0.2) is 0 Å². The van der Waals surface area contributed by atoms with E-state index in [1.165, 1.54) is 0 Å². The quantitative estimate of drug-likeness (QED) is 0.685. The van der Waals surface area contributed by atoms with Crippen LogP contribution in [-0.4, -0.2) is 24.9 Å². The first-order valence-electron chi connectivity index (χ1n) is 4.92. The highest BCUT2D eigenvalue weighted by Gasteiger charge is 2.13. The van der Waals surface area contributed by atoms with Gasteiger partial charge in [0.1, 0.15) is 6.04 Å². The number of nitrogens with two attached hydrogens (primary N) is 1. The van der Waals surface area contributed by atoms with Gasteiger partial charge in [-0.3, -0.25) is 9.59 Å². The first kappa shape index (κ1) is 12.0. The monoisotopic (exact) mass is 221 g/mol. The highest BCUT2D eigenvalue weighted by Crippen LogP contribution is 2.08. The number of carbonyl (C=O) groups is 2. The van der Waals surface area contributed by atoms with E-state index in [1.807, 2.05) is 0 Å². The Bertz CT molecular complexity index is 387. The van der Waals surface area contributed by atoms with Crippen molar-refractivity contribution in [1.82, 2.24) is 5.32 Å². The molecule has 0 heterocycles. The molecular formula is C11H15N3O2. The summed E-state index contributed by atoms with van der Waals surface area (Å²) >= 11 is 0. The Morgan fingerprint density at radius 1 is 1.25 bits per heavy atom. The van der Waals surface area contributed by atoms with Crippen molar-refractivity contribution in [2.24, 2.45) is 5.73 Å². The highest BCUT2D eigenvalue weighted by atomic mass is 16.2. The highest BCUT2D eigenvalue weighted by molar-refractivity contribution is 5.97. The Balaban J connectivity index is 2.69. The van der Waals surface area contributed by atoms with Gasteiger partial charge in [-0.15, -0.1) is 0 Å². The van der Waals surface area contributed by atoms with Crippen molar-refractivity contribution in [2.45, 2.75) is 13.0 Å². The third-order valence-corrected chi connectivity index (χ3v) is 2.21. The van der Waals surface area contributed by atoms with Gasteiger partial charge in [0.15, 0.2) is 0 Å². The SMILES string of the molecule is CNc1ccc(C(=O)NC(C)C(N)=O)cc1. The summed E-state index contributed by atoms with van der Waals surface area (Å²) in [4.78, 5) is 22.4. The molecule has 0 radical (unpaired) electrons. The summed E-state index contributed by atoms with van der Waals surface area (Å²) in [5, 5.41) is 5.45. The van der Waals surface area contributed by atoms with Crippen LogP contribution in [0.15, 0.2) is 24.3 Å². The molecule has 0 saturated carbocycles. The van der Waals surface area contributed by atoms with E-state index >= 15 is 0 Å². The average Bonchev–Trinajstić information content (AvgIpc) is 2.28. The van der Waals surface area contributed by atoms with Gasteiger partial charge in [0, 0.05) is 18.3 Å². The summed E-state index contributed by atoms with van der Waals surface area (Å²) in [5.41, 5.74) is 6.45. The summed E-state index contributed by atoms with van der Waals surface area (Å²) in [6.07, 6.45) is 0. The van der Waals surface area contributed by atoms with Crippen LogP contribution in [0.1, 0.15) is 17.3 Å². The third-order valence-electron chi connectivity index (χ3n) is 2.21. The Labute approximate surface area is 94.0 Å². The zero-order chi connectivity index (χ0) is 12.1. The maximum atomic E-state index is 11.6. The van der Waals surface area contributed by atoms with Gasteiger partial charge in [0.05, 0.1) is 0 Å². The lowest BCUT2D eigenvalue weighted by atomic mass is 10.2. The van der Waals surface area contributed by atoms with Crippen molar-refractivity contribution in [2.75, 3.05) is 12.4 Å². The van der Waals surface area contributed by atoms with Crippen molar-refractivity contribution in [1.29, 1.82) is 0 Å². The fourth-order valence-corrected chi connectivity index (χ4v) is 1.14. The molecule has 0 spiro atoms. The Morgan fingerprint density at radius 2 is 1.81 bits per heavy atom. The number of primary amides is 1. The molecule has 0 aliphatic rings. The molecule has 1 atom stereocenters. The molecule has 1 aromatic rings. The number of carbonyl (C=O) groups excluding carboxylic acids is 2. The van der Waals surface area contributed by atoms with Crippen LogP contribution in [0.4, 0.5) is 5.69 Å². The van der Waals surface area contributed by atoms with E-state index in [1.54, 1.807) is 38.2 Å². The van der Waals surface area contributed by atoms with Gasteiger partial charge < -0.3 is 16.4 Å². The largest absolute Gasteiger partial charge is 0.388 e. The lowest BCUT2D eigenvalue weighted by Gasteiger charge is -2.10. The minimum absolute atomic E-state index is 0.311. The topological polar surface area (TPSA) is 84.2 Å². The molecule has 5 heteroatoms. The van der Waals surface area contributed by atoms with E-state index in [0.717, 1.165) is 5.69 Å². The number of hydrogen-bond donors (Lipinski definition) is 3. The number of rotatable bonds is 4. The summed E-state index contributed by atoms with van der Waals surface area (Å²) in [5.74, 6) is -0.867. The number of nitrogens with one attached hydrogen (secondary N) is 2. The summed E-state index contributed by atoms with van der Waals surface area (Å²) in [7, 11) is 1.80. The van der Waals surface area contributed by atoms with Crippen molar-refractivity contribution in [3.8, 4) is 0 Å². The molecule has 0 aliphatic heterocycles. The first-order chi connectivity index (χ1) is 7.54. The van der Waals surface area contributed by atoms with Crippen LogP contribution in [0.2, 0.25) is 0 Å². The number of amides is 2. The average molecular weight is 221 g/mol. The van der Waals surface area contributed by atoms with Gasteiger partial charge in [0.25, 0.3) is 5.91 Å². The maximum absolute atomic E-state index is 11.6. The molecule has 1 unspecified atom stereocenters. The zero-order valence-electron chi connectivity index (χ0n) is 9.28. The van der Waals surface area contributed by atoms with Gasteiger partial charge >= 0.3 is 0 Å². The molecular weight excluding hydrogens is 206 g/mol. The predicted molar refractivity (Wildman–Crippen MR) is 62.1 cm³/mol. The first-order valence-corrected chi connectivity index (χ1v) is 4.92. The summed E-state index contributed by atoms with van der Waals surface area (Å²) in [6, 6.07) is 6.24. The molecule has 1 rings (SSSR count). The van der Waals surface area contributed by atoms with Crippen LogP contribution in [0.25, 0.3) is 0 Å². The van der Waals surface area contributed by atoms with E-state index in [4.69, 9.17) is 5.73 Å². The molecule has 0 aliphatic carbocycles. The predicted octanol–water partition coefficient (Wildman–Crippen LogP) is 0.332. The van der Waals surface area contributed by atoms with E-state index in [2.05, 4.69) is 10.6 Å². The summed E-state index contributed by atoms with van der Waals surface area (Å²) < 4.78 is 0. The second-order valence-electron chi connectivity index (χ2n) is 3.42. The van der Waals surface area contributed by atoms with Crippen LogP contribution < -0.4 is 16.4 Å². The molecule has 5 nitrogen and oxygen atoms in total. The minimum atomic E-state index is -0.670. The summed E-state index contributed by atoms with van der Waals surface area (Å²) in [6.45, 7) is 1.54. The second-order valence-corrected chi connectivity index (χ2v) is 3.42. The van der Waals surface area contributed by atoms with Crippen LogP contribution in [-0.2, 0) is 4.79 Å². The van der Waals surface area contributed by atoms with Crippen molar-refractivity contribution >= 4 is 17.5 Å². The maximum Gasteiger partial charge on any atom is 0.251 e. The Hall–Kier alpha value is -2.04. The van der Waals surface area contributed by atoms with Crippen molar-refractivity contribution in [3.63, 3.8) is 0 Å². The minimum Gasteiger partial charge on any atom is -0.388 e. The van der Waals surface area contributed by atoms with Gasteiger partial charge in [-0.1, -0.05) is 0 Å². The molecule has 1 aromatic carbocycles. The van der Waals surface area contributed by atoms with Crippen molar-refractivity contribution < 1.29 is 9.59 Å². The molecule has 4 N–H and O–H groups in total. The molecule has 0 aromatic heterocycles.